The molecule has 0 saturated carbocycles. The molecule has 0 bridgehead atoms. The molecule has 0 spiro atoms. The van der Waals surface area contributed by atoms with Crippen LogP contribution in [0.15, 0.2) is 15.0 Å². The van der Waals surface area contributed by atoms with Crippen LogP contribution < -0.4 is 115 Å². The Hall–Kier alpha value is -10.7. The molecule has 0 aliphatic carbocycles. The van der Waals surface area contributed by atoms with Crippen LogP contribution in [0.5, 0.6) is 0 Å². The molecule has 0 aromatic rings. The molecule has 674 valence electrons. The minimum absolute atomic E-state index is 0.0192. The topological polar surface area (TPSA) is 681 Å². The van der Waals surface area contributed by atoms with Crippen molar-refractivity contribution < 1.29 is 76.7 Å². The highest BCUT2D eigenvalue weighted by Gasteiger charge is 2.42. The maximum absolute atomic E-state index is 14.7. The molecule has 29 N–H and O–H groups in total. The van der Waals surface area contributed by atoms with E-state index < -0.39 is 192 Å². The van der Waals surface area contributed by atoms with Crippen molar-refractivity contribution in [2.24, 2.45) is 96.4 Å². The quantitative estimate of drug-likeness (QED) is 0.0154. The third-order valence-electron chi connectivity index (χ3n) is 19.3. The summed E-state index contributed by atoms with van der Waals surface area (Å²) in [5.41, 5.74) is 44.7. The van der Waals surface area contributed by atoms with Gasteiger partial charge < -0.3 is 125 Å². The third kappa shape index (κ3) is 40.1. The van der Waals surface area contributed by atoms with Crippen LogP contribution in [0.4, 0.5) is 0 Å². The Morgan fingerprint density at radius 3 is 0.866 bits per heavy atom. The van der Waals surface area contributed by atoms with Crippen LogP contribution in [0, 0.1) is 35.5 Å². The zero-order valence-electron chi connectivity index (χ0n) is 72.2. The van der Waals surface area contributed by atoms with E-state index in [-0.39, 0.29) is 170 Å². The lowest BCUT2D eigenvalue weighted by molar-refractivity contribution is -0.142. The minimum atomic E-state index is -1.37. The molecule has 0 aromatic heterocycles. The van der Waals surface area contributed by atoms with Gasteiger partial charge in [-0.2, -0.15) is 0 Å². The molecule has 2 aliphatic rings. The van der Waals surface area contributed by atoms with Gasteiger partial charge in [-0.25, -0.2) is 0 Å². The van der Waals surface area contributed by atoms with E-state index in [1.807, 2.05) is 41.5 Å². The highest BCUT2D eigenvalue weighted by molar-refractivity contribution is 6.00. The number of nitrogens with zero attached hydrogens (tertiary/aromatic N) is 5. The van der Waals surface area contributed by atoms with E-state index in [1.165, 1.54) is 30.6 Å². The van der Waals surface area contributed by atoms with Gasteiger partial charge in [-0.1, -0.05) is 83.1 Å². The van der Waals surface area contributed by atoms with E-state index in [4.69, 9.17) is 45.9 Å². The van der Waals surface area contributed by atoms with Crippen LogP contribution >= 0.6 is 0 Å². The van der Waals surface area contributed by atoms with Crippen molar-refractivity contribution in [3.05, 3.63) is 0 Å². The van der Waals surface area contributed by atoms with Gasteiger partial charge in [0.25, 0.3) is 0 Å². The van der Waals surface area contributed by atoms with Crippen LogP contribution in [0.1, 0.15) is 207 Å². The summed E-state index contributed by atoms with van der Waals surface area (Å²) in [6.07, 6.45) is 2.57. The fraction of sp³-hybridized carbons (Fsp3) is 0.753. The van der Waals surface area contributed by atoms with Gasteiger partial charge >= 0.3 is 0 Å². The highest BCUT2D eigenvalue weighted by atomic mass is 16.2. The lowest BCUT2D eigenvalue weighted by Crippen LogP contribution is -2.59. The van der Waals surface area contributed by atoms with E-state index >= 15 is 0 Å². The van der Waals surface area contributed by atoms with E-state index in [1.54, 1.807) is 41.5 Å². The van der Waals surface area contributed by atoms with Crippen LogP contribution in [0.2, 0.25) is 0 Å². The summed E-state index contributed by atoms with van der Waals surface area (Å²) in [6.45, 7) is 25.1. The molecule has 42 nitrogen and oxygen atoms in total. The molecule has 0 aromatic carbocycles. The summed E-state index contributed by atoms with van der Waals surface area (Å²) in [7, 11) is 0. The van der Waals surface area contributed by atoms with E-state index in [0.29, 0.717) is 19.3 Å². The first-order valence-corrected chi connectivity index (χ1v) is 41.3. The lowest BCUT2D eigenvalue weighted by atomic mass is 10.0. The molecule has 2 fully saturated rings. The first kappa shape index (κ1) is 104. The van der Waals surface area contributed by atoms with Crippen molar-refractivity contribution in [2.75, 3.05) is 45.8 Å². The average Bonchev–Trinajstić information content (AvgIpc) is 1.72. The normalized spacial score (nSPS) is 16.9. The molecule has 16 amide bonds. The summed E-state index contributed by atoms with van der Waals surface area (Å²) < 4.78 is 0. The smallest absolute Gasteiger partial charge is 0.245 e. The second kappa shape index (κ2) is 53.0. The first-order valence-electron chi connectivity index (χ1n) is 41.3. The molecule has 2 aliphatic heterocycles. The Morgan fingerprint density at radius 1 is 0.319 bits per heavy atom. The van der Waals surface area contributed by atoms with Gasteiger partial charge in [0, 0.05) is 32.7 Å². The summed E-state index contributed by atoms with van der Waals surface area (Å²) in [4.78, 5) is 235. The Balaban J connectivity index is 2.26. The van der Waals surface area contributed by atoms with Crippen molar-refractivity contribution in [3.8, 4) is 0 Å². The number of nitrogens with two attached hydrogens (primary N) is 8. The second-order valence-corrected chi connectivity index (χ2v) is 33.2. The van der Waals surface area contributed by atoms with E-state index in [2.05, 4.69) is 84.1 Å². The summed E-state index contributed by atoms with van der Waals surface area (Å²) in [5, 5.41) is 34.2. The number of hydrogen-bond acceptors (Lipinski definition) is 20. The van der Waals surface area contributed by atoms with Gasteiger partial charge in [0.1, 0.15) is 78.5 Å². The maximum Gasteiger partial charge on any atom is 0.245 e. The molecule has 0 radical (unpaired) electrons. The van der Waals surface area contributed by atoms with Gasteiger partial charge in [-0.05, 0) is 159 Å². The number of rotatable bonds is 53. The molecule has 119 heavy (non-hydrogen) atoms. The van der Waals surface area contributed by atoms with Gasteiger partial charge in [-0.3, -0.25) is 91.7 Å². The van der Waals surface area contributed by atoms with Gasteiger partial charge in [-0.15, -0.1) is 0 Å². The zero-order valence-corrected chi connectivity index (χ0v) is 72.2. The molecule has 0 unspecified atom stereocenters. The number of hydrogen-bond donors (Lipinski definition) is 21. The highest BCUT2D eigenvalue weighted by Crippen LogP contribution is 2.24. The standard InChI is InChI=1S/C77H140N26O16/c1-39(2)31-48(78)65(110)91-45(13)62(107)97-50(22-17-27-87-76(82)83)67(112)100-55(35-43(9)10)73(118)102-29-19-24-57(102)71(116)90-38-60(105)95-54(34-42(7)8)70(115)93-47(15)64(109)98-51(23-18-28-88-77(84)85)68(113)101-56(36-44(11)12)74(119)103-30-20-25-58(103)72(117)89-37-59(104)94-53(33-41(5)6)69(114)92-46(14)63(108)96-49(21-16-26-86-75(80)81)66(111)99-52(61(79)106)32-40(3)4/h39-58H,16-38,78H2,1-15H3,(H2,79,106)(H,89,117)(H,90,116)(H,91,110)(H,92,114)(H,93,115)(H,94,104)(H,95,105)(H,96,108)(H,97,107)(H,98,109)(H,99,111)(H,100,112)(H,101,113)(H4,80,81,86)(H4,82,83,87)(H4,84,85,88)/t45-,46-,47-,48-,49-,50-,51-,52-,53-,54-,55-,56-,57-,58-/m0/s1. The lowest BCUT2D eigenvalue weighted by Gasteiger charge is -2.31. The van der Waals surface area contributed by atoms with Crippen LogP contribution in [0.3, 0.4) is 0 Å². The first-order chi connectivity index (χ1) is 55.6. The SMILES string of the molecule is CC(C)C[C@H](NC(=O)[C@H](CCCN=C(N)N)NC(=O)[C@H](C)NC(=O)[C@H](CC(C)C)NC(=O)CNC(=O)[C@@H]1CCCN1C(=O)[C@H](CC(C)C)NC(=O)[C@H](CCCN=C(N)N)NC(=O)[C@H](C)NC(=O)[C@H](CC(C)C)NC(=O)CNC(=O)[C@@H]1CCCN1C(=O)[C@H](CC(C)C)NC(=O)[C@H](CCCN=C(N)N)NC(=O)[C@H](C)NC(=O)[C@@H](N)CC(C)C)C(N)=O. The van der Waals surface area contributed by atoms with Gasteiger partial charge in [0.05, 0.1) is 19.1 Å². The Morgan fingerprint density at radius 2 is 0.580 bits per heavy atom. The monoisotopic (exact) mass is 1690 g/mol. The number of carbonyl (C=O) groups excluding carboxylic acids is 16. The predicted octanol–water partition coefficient (Wildman–Crippen LogP) is -5.16. The number of guanidine groups is 3. The average molecular weight is 1690 g/mol. The van der Waals surface area contributed by atoms with Crippen molar-refractivity contribution in [3.63, 3.8) is 0 Å². The minimum Gasteiger partial charge on any atom is -0.370 e. The molecule has 2 rings (SSSR count). The number of carbonyl (C=O) groups is 16. The Labute approximate surface area is 698 Å². The van der Waals surface area contributed by atoms with E-state index in [0.717, 1.165) is 0 Å². The molecule has 42 heteroatoms. The number of amides is 16. The second-order valence-electron chi connectivity index (χ2n) is 33.2. The maximum atomic E-state index is 14.7. The van der Waals surface area contributed by atoms with Gasteiger partial charge in [0.15, 0.2) is 17.9 Å². The summed E-state index contributed by atoms with van der Waals surface area (Å²) in [6, 6.07) is -16.6. The van der Waals surface area contributed by atoms with Crippen molar-refractivity contribution in [1.82, 2.24) is 78.9 Å². The summed E-state index contributed by atoms with van der Waals surface area (Å²) >= 11 is 0. The van der Waals surface area contributed by atoms with Crippen LogP contribution in [0.25, 0.3) is 0 Å². The molecular weight excluding hydrogens is 1550 g/mol. The fourth-order valence-electron chi connectivity index (χ4n) is 13.4. The number of nitrogens with one attached hydrogen (secondary N) is 13. The predicted molar refractivity (Wildman–Crippen MR) is 447 cm³/mol. The number of primary amides is 1. The molecular formula is C77H140N26O16. The molecule has 2 heterocycles. The zero-order chi connectivity index (χ0) is 90.2. The number of aliphatic imine (C=N–C) groups is 3. The molecule has 14 atom stereocenters. The van der Waals surface area contributed by atoms with Crippen molar-refractivity contribution in [1.29, 1.82) is 0 Å². The molecule has 2 saturated heterocycles. The fourth-order valence-corrected chi connectivity index (χ4v) is 13.4. The van der Waals surface area contributed by atoms with Crippen LogP contribution in [-0.4, -0.2) is 253 Å². The van der Waals surface area contributed by atoms with E-state index in [9.17, 15) is 76.7 Å². The van der Waals surface area contributed by atoms with Gasteiger partial charge in [0.2, 0.25) is 94.5 Å². The van der Waals surface area contributed by atoms with Crippen LogP contribution in [-0.2, 0) is 76.7 Å². The Bertz CT molecular complexity index is 3510. The third-order valence-corrected chi connectivity index (χ3v) is 19.3. The number of likely N-dealkylation sites (tertiary alicyclic amines) is 2. The van der Waals surface area contributed by atoms with Crippen molar-refractivity contribution in [2.45, 2.75) is 291 Å². The van der Waals surface area contributed by atoms with Crippen molar-refractivity contribution >= 4 is 112 Å². The summed E-state index contributed by atoms with van der Waals surface area (Å²) in [5.74, 6) is -13.0. The largest absolute Gasteiger partial charge is 0.370 e. The Kier molecular flexibility index (Phi) is 46.4.